The third kappa shape index (κ3) is 2.95. The highest BCUT2D eigenvalue weighted by Gasteiger charge is 2.10. The van der Waals surface area contributed by atoms with E-state index in [4.69, 9.17) is 4.74 Å². The average molecular weight is 255 g/mol. The normalized spacial score (nSPS) is 10.5. The van der Waals surface area contributed by atoms with Crippen LogP contribution in [0.1, 0.15) is 31.9 Å². The summed E-state index contributed by atoms with van der Waals surface area (Å²) in [6.45, 7) is 7.05. The van der Waals surface area contributed by atoms with E-state index in [1.165, 1.54) is 16.7 Å². The van der Waals surface area contributed by atoms with Gasteiger partial charge < -0.3 is 4.74 Å². The van der Waals surface area contributed by atoms with Crippen LogP contribution in [0.4, 0.5) is 0 Å². The predicted octanol–water partition coefficient (Wildman–Crippen LogP) is 4.27. The molecule has 1 aromatic heterocycles. The molecule has 0 saturated heterocycles. The third-order valence-corrected chi connectivity index (χ3v) is 3.30. The summed E-state index contributed by atoms with van der Waals surface area (Å²) >= 11 is 0. The topological polar surface area (TPSA) is 22.1 Å². The molecule has 0 aliphatic rings. The lowest BCUT2D eigenvalue weighted by Gasteiger charge is -2.13. The molecule has 19 heavy (non-hydrogen) atoms. The van der Waals surface area contributed by atoms with Crippen molar-refractivity contribution in [3.8, 4) is 17.0 Å². The fourth-order valence-electron chi connectivity index (χ4n) is 2.38. The van der Waals surface area contributed by atoms with Crippen LogP contribution in [0.5, 0.6) is 5.75 Å². The Bertz CT molecular complexity index is 526. The van der Waals surface area contributed by atoms with E-state index < -0.39 is 0 Å². The van der Waals surface area contributed by atoms with Gasteiger partial charge in [-0.15, -0.1) is 0 Å². The summed E-state index contributed by atoms with van der Waals surface area (Å²) < 4.78 is 5.58. The zero-order valence-electron chi connectivity index (χ0n) is 11.9. The van der Waals surface area contributed by atoms with E-state index in [0.29, 0.717) is 6.61 Å². The zero-order valence-corrected chi connectivity index (χ0v) is 11.9. The highest BCUT2D eigenvalue weighted by Crippen LogP contribution is 2.29. The van der Waals surface area contributed by atoms with Crippen molar-refractivity contribution in [2.75, 3.05) is 6.61 Å². The minimum atomic E-state index is 0.680. The Hall–Kier alpha value is -1.83. The van der Waals surface area contributed by atoms with Crippen LogP contribution >= 0.6 is 0 Å². The Labute approximate surface area is 115 Å². The molecule has 2 rings (SSSR count). The molecule has 0 amide bonds. The molecule has 2 heteroatoms. The Balaban J connectivity index is 2.53. The summed E-state index contributed by atoms with van der Waals surface area (Å²) in [4.78, 5) is 4.53. The van der Waals surface area contributed by atoms with Crippen LogP contribution in [0, 0.1) is 0 Å². The molecular formula is C17H21NO. The molecule has 1 heterocycles. The van der Waals surface area contributed by atoms with Crippen LogP contribution in [0.3, 0.4) is 0 Å². The standard InChI is InChI=1S/C17H21NO/c1-4-13-8-7-9-14(5-2)17(13)16-12-15(19-6-3)10-11-18-16/h7-12H,4-6H2,1-3H3. The minimum absolute atomic E-state index is 0.680. The molecule has 0 radical (unpaired) electrons. The van der Waals surface area contributed by atoms with Gasteiger partial charge in [-0.25, -0.2) is 0 Å². The first-order valence-corrected chi connectivity index (χ1v) is 7.00. The van der Waals surface area contributed by atoms with E-state index in [-0.39, 0.29) is 0 Å². The Morgan fingerprint density at radius 1 is 1.00 bits per heavy atom. The second kappa shape index (κ2) is 6.37. The van der Waals surface area contributed by atoms with Gasteiger partial charge in [0.05, 0.1) is 12.3 Å². The van der Waals surface area contributed by atoms with Gasteiger partial charge >= 0.3 is 0 Å². The van der Waals surface area contributed by atoms with Gasteiger partial charge in [0, 0.05) is 17.8 Å². The van der Waals surface area contributed by atoms with E-state index in [9.17, 15) is 0 Å². The zero-order chi connectivity index (χ0) is 13.7. The van der Waals surface area contributed by atoms with Crippen LogP contribution in [-0.2, 0) is 12.8 Å². The molecule has 0 saturated carbocycles. The maximum absolute atomic E-state index is 5.58. The summed E-state index contributed by atoms with van der Waals surface area (Å²) in [7, 11) is 0. The number of aryl methyl sites for hydroxylation is 2. The van der Waals surface area contributed by atoms with E-state index >= 15 is 0 Å². The average Bonchev–Trinajstić information content (AvgIpc) is 2.47. The maximum atomic E-state index is 5.58. The van der Waals surface area contributed by atoms with Crippen molar-refractivity contribution in [3.63, 3.8) is 0 Å². The maximum Gasteiger partial charge on any atom is 0.122 e. The van der Waals surface area contributed by atoms with Crippen LogP contribution < -0.4 is 4.74 Å². The van der Waals surface area contributed by atoms with Gasteiger partial charge in [0.15, 0.2) is 0 Å². The molecule has 0 atom stereocenters. The first kappa shape index (κ1) is 13.6. The summed E-state index contributed by atoms with van der Waals surface area (Å²) in [6.07, 6.45) is 3.86. The highest BCUT2D eigenvalue weighted by molar-refractivity contribution is 5.69. The van der Waals surface area contributed by atoms with Gasteiger partial charge in [0.2, 0.25) is 0 Å². The van der Waals surface area contributed by atoms with Crippen molar-refractivity contribution in [3.05, 3.63) is 47.7 Å². The van der Waals surface area contributed by atoms with Gasteiger partial charge in [0.1, 0.15) is 5.75 Å². The fraction of sp³-hybridized carbons (Fsp3) is 0.353. The monoisotopic (exact) mass is 255 g/mol. The second-order valence-electron chi connectivity index (χ2n) is 4.47. The van der Waals surface area contributed by atoms with Crippen molar-refractivity contribution in [1.82, 2.24) is 4.98 Å². The Kier molecular flexibility index (Phi) is 4.56. The number of nitrogens with zero attached hydrogens (tertiary/aromatic N) is 1. The van der Waals surface area contributed by atoms with Crippen molar-refractivity contribution >= 4 is 0 Å². The SMILES string of the molecule is CCOc1ccnc(-c2c(CC)cccc2CC)c1. The molecule has 0 unspecified atom stereocenters. The predicted molar refractivity (Wildman–Crippen MR) is 79.6 cm³/mol. The number of aromatic nitrogens is 1. The molecule has 1 aromatic carbocycles. The van der Waals surface area contributed by atoms with E-state index in [1.807, 2.05) is 25.3 Å². The molecule has 0 fully saturated rings. The quantitative estimate of drug-likeness (QED) is 0.796. The van der Waals surface area contributed by atoms with E-state index in [0.717, 1.165) is 24.3 Å². The van der Waals surface area contributed by atoms with Crippen LogP contribution in [-0.4, -0.2) is 11.6 Å². The number of ether oxygens (including phenoxy) is 1. The Morgan fingerprint density at radius 3 is 2.26 bits per heavy atom. The molecule has 0 aliphatic carbocycles. The van der Waals surface area contributed by atoms with Gasteiger partial charge in [-0.2, -0.15) is 0 Å². The van der Waals surface area contributed by atoms with Crippen molar-refractivity contribution < 1.29 is 4.74 Å². The third-order valence-electron chi connectivity index (χ3n) is 3.30. The first-order valence-electron chi connectivity index (χ1n) is 7.00. The van der Waals surface area contributed by atoms with Gasteiger partial charge in [0.25, 0.3) is 0 Å². The summed E-state index contributed by atoms with van der Waals surface area (Å²) in [5.41, 5.74) is 4.98. The smallest absolute Gasteiger partial charge is 0.122 e. The van der Waals surface area contributed by atoms with Crippen molar-refractivity contribution in [2.45, 2.75) is 33.6 Å². The number of hydrogen-bond donors (Lipinski definition) is 0. The summed E-state index contributed by atoms with van der Waals surface area (Å²) in [6, 6.07) is 10.4. The number of pyridine rings is 1. The molecule has 0 spiro atoms. The molecule has 2 aromatic rings. The van der Waals surface area contributed by atoms with Crippen LogP contribution in [0.15, 0.2) is 36.5 Å². The van der Waals surface area contributed by atoms with E-state index in [2.05, 4.69) is 37.0 Å². The van der Waals surface area contributed by atoms with Gasteiger partial charge in [-0.05, 0) is 37.0 Å². The molecule has 0 N–H and O–H groups in total. The lowest BCUT2D eigenvalue weighted by atomic mass is 9.95. The number of benzene rings is 1. The summed E-state index contributed by atoms with van der Waals surface area (Å²) in [5.74, 6) is 0.889. The highest BCUT2D eigenvalue weighted by atomic mass is 16.5. The van der Waals surface area contributed by atoms with Gasteiger partial charge in [-0.3, -0.25) is 4.98 Å². The number of hydrogen-bond acceptors (Lipinski definition) is 2. The molecule has 0 aliphatic heterocycles. The second-order valence-corrected chi connectivity index (χ2v) is 4.47. The van der Waals surface area contributed by atoms with Crippen LogP contribution in [0.2, 0.25) is 0 Å². The molecule has 0 bridgehead atoms. The van der Waals surface area contributed by atoms with E-state index in [1.54, 1.807) is 0 Å². The summed E-state index contributed by atoms with van der Waals surface area (Å²) in [5, 5.41) is 0. The first-order chi connectivity index (χ1) is 9.30. The van der Waals surface area contributed by atoms with Crippen molar-refractivity contribution in [1.29, 1.82) is 0 Å². The molecular weight excluding hydrogens is 234 g/mol. The lowest BCUT2D eigenvalue weighted by Crippen LogP contribution is -1.97. The molecule has 2 nitrogen and oxygen atoms in total. The Morgan fingerprint density at radius 2 is 1.68 bits per heavy atom. The fourth-order valence-corrected chi connectivity index (χ4v) is 2.38. The van der Waals surface area contributed by atoms with Crippen LogP contribution in [0.25, 0.3) is 11.3 Å². The van der Waals surface area contributed by atoms with Crippen molar-refractivity contribution in [2.24, 2.45) is 0 Å². The number of rotatable bonds is 5. The van der Waals surface area contributed by atoms with Gasteiger partial charge in [-0.1, -0.05) is 32.0 Å². The molecule has 100 valence electrons. The minimum Gasteiger partial charge on any atom is -0.494 e. The lowest BCUT2D eigenvalue weighted by molar-refractivity contribution is 0.340. The largest absolute Gasteiger partial charge is 0.494 e.